The zero-order valence-corrected chi connectivity index (χ0v) is 23.2. The Morgan fingerprint density at radius 3 is 2.73 bits per heavy atom. The molecule has 3 aromatic rings. The molecule has 1 unspecified atom stereocenters. The van der Waals surface area contributed by atoms with Crippen molar-refractivity contribution in [2.75, 3.05) is 51.3 Å². The molecule has 3 aliphatic heterocycles. The molecule has 40 heavy (non-hydrogen) atoms. The summed E-state index contributed by atoms with van der Waals surface area (Å²) in [4.78, 5) is 27.6. The molecule has 2 fully saturated rings. The van der Waals surface area contributed by atoms with E-state index in [1.165, 1.54) is 4.90 Å². The summed E-state index contributed by atoms with van der Waals surface area (Å²) in [6.07, 6.45) is 4.63. The maximum atomic E-state index is 13.5. The second kappa shape index (κ2) is 10.5. The number of aryl methyl sites for hydroxylation is 1. The van der Waals surface area contributed by atoms with E-state index in [1.54, 1.807) is 0 Å². The van der Waals surface area contributed by atoms with Gasteiger partial charge >= 0.3 is 6.01 Å². The van der Waals surface area contributed by atoms with Crippen molar-refractivity contribution < 1.29 is 18.7 Å². The molecule has 1 aromatic carbocycles. The SMILES string of the molecule is C=C(F)C(=O)N1CCN(c2nc(OCC3CCCN3C)nc3c2CC(C)=C(c2c(C)ccc4[nH]ncc24)O3)CC1. The number of nitrogens with zero attached hydrogens (tertiary/aromatic N) is 6. The van der Waals surface area contributed by atoms with Crippen LogP contribution in [0.1, 0.15) is 36.5 Å². The zero-order valence-electron chi connectivity index (χ0n) is 23.2. The number of amides is 1. The molecular weight excluding hydrogens is 513 g/mol. The highest BCUT2D eigenvalue weighted by molar-refractivity contribution is 5.93. The molecule has 0 aliphatic carbocycles. The van der Waals surface area contributed by atoms with Gasteiger partial charge in [0.05, 0.1) is 17.3 Å². The third-order valence-corrected chi connectivity index (χ3v) is 8.19. The van der Waals surface area contributed by atoms with Gasteiger partial charge in [-0.25, -0.2) is 4.39 Å². The smallest absolute Gasteiger partial charge is 0.321 e. The number of hydrogen-bond acceptors (Lipinski definition) is 8. The van der Waals surface area contributed by atoms with Crippen LogP contribution >= 0.6 is 0 Å². The lowest BCUT2D eigenvalue weighted by molar-refractivity contribution is -0.128. The number of aromatic amines is 1. The fraction of sp³-hybridized carbons (Fsp3) is 0.448. The van der Waals surface area contributed by atoms with Gasteiger partial charge in [-0.3, -0.25) is 9.89 Å². The molecule has 11 heteroatoms. The number of likely N-dealkylation sites (N-methyl/N-ethyl adjacent to an activating group) is 1. The van der Waals surface area contributed by atoms with Gasteiger partial charge in [0.25, 0.3) is 5.91 Å². The normalized spacial score (nSPS) is 19.6. The third kappa shape index (κ3) is 4.78. The fourth-order valence-corrected chi connectivity index (χ4v) is 5.87. The van der Waals surface area contributed by atoms with Gasteiger partial charge in [0.1, 0.15) is 18.2 Å². The van der Waals surface area contributed by atoms with Crippen molar-refractivity contribution in [2.24, 2.45) is 0 Å². The first-order chi connectivity index (χ1) is 19.3. The van der Waals surface area contributed by atoms with Crippen LogP contribution in [0.2, 0.25) is 0 Å². The number of nitrogens with one attached hydrogen (secondary N) is 1. The van der Waals surface area contributed by atoms with Crippen LogP contribution in [0.25, 0.3) is 16.7 Å². The van der Waals surface area contributed by atoms with Crippen molar-refractivity contribution in [1.82, 2.24) is 30.0 Å². The number of carbonyl (C=O) groups is 1. The fourth-order valence-electron chi connectivity index (χ4n) is 5.87. The standard InChI is InChI=1S/C29H34FN7O3/c1-17-7-8-23-22(15-31-34-23)24(17)25-18(2)14-21-26(36-10-12-37(13-11-36)28(38)19(3)30)32-29(33-27(21)40-25)39-16-20-6-5-9-35(20)4/h7-8,15,20H,3,5-6,9-14,16H2,1-2,4H3,(H,31,34). The zero-order chi connectivity index (χ0) is 28.0. The Balaban J connectivity index is 1.34. The van der Waals surface area contributed by atoms with Gasteiger partial charge < -0.3 is 24.2 Å². The Hall–Kier alpha value is -3.99. The first-order valence-corrected chi connectivity index (χ1v) is 13.7. The summed E-state index contributed by atoms with van der Waals surface area (Å²) >= 11 is 0. The van der Waals surface area contributed by atoms with Crippen molar-refractivity contribution in [3.63, 3.8) is 0 Å². The molecule has 2 saturated heterocycles. The molecule has 6 rings (SSSR count). The molecule has 0 saturated carbocycles. The molecule has 2 aromatic heterocycles. The topological polar surface area (TPSA) is 99.7 Å². The minimum atomic E-state index is -0.940. The van der Waals surface area contributed by atoms with Gasteiger partial charge in [-0.05, 0) is 57.5 Å². The minimum absolute atomic E-state index is 0.266. The summed E-state index contributed by atoms with van der Waals surface area (Å²) in [6, 6.07) is 4.65. The van der Waals surface area contributed by atoms with E-state index in [0.717, 1.165) is 64.1 Å². The number of likely N-dealkylation sites (tertiary alicyclic amines) is 1. The highest BCUT2D eigenvalue weighted by Gasteiger charge is 2.32. The van der Waals surface area contributed by atoms with Crippen molar-refractivity contribution >= 4 is 28.4 Å². The predicted octanol–water partition coefficient (Wildman–Crippen LogP) is 3.63. The summed E-state index contributed by atoms with van der Waals surface area (Å²) in [7, 11) is 2.11. The maximum Gasteiger partial charge on any atom is 0.321 e. The van der Waals surface area contributed by atoms with E-state index in [-0.39, 0.29) is 6.01 Å². The number of halogens is 1. The van der Waals surface area contributed by atoms with Gasteiger partial charge in [-0.2, -0.15) is 15.1 Å². The number of ether oxygens (including phenoxy) is 2. The maximum absolute atomic E-state index is 13.5. The Morgan fingerprint density at radius 2 is 2.00 bits per heavy atom. The van der Waals surface area contributed by atoms with Gasteiger partial charge in [0, 0.05) is 49.6 Å². The molecule has 210 valence electrons. The minimum Gasteiger partial charge on any atom is -0.462 e. The summed E-state index contributed by atoms with van der Waals surface area (Å²) in [5.41, 5.74) is 4.93. The molecule has 3 aliphatic rings. The number of hydrogen-bond donors (Lipinski definition) is 1. The van der Waals surface area contributed by atoms with Crippen LogP contribution in [-0.2, 0) is 11.2 Å². The summed E-state index contributed by atoms with van der Waals surface area (Å²) in [6.45, 7) is 10.5. The Labute approximate surface area is 232 Å². The van der Waals surface area contributed by atoms with Crippen LogP contribution in [-0.4, -0.2) is 88.3 Å². The summed E-state index contributed by atoms with van der Waals surface area (Å²) in [5.74, 6) is 0.355. The molecule has 1 atom stereocenters. The number of rotatable bonds is 6. The van der Waals surface area contributed by atoms with Crippen molar-refractivity contribution in [3.05, 3.63) is 53.0 Å². The van der Waals surface area contributed by atoms with Crippen LogP contribution in [0.4, 0.5) is 10.2 Å². The Bertz CT molecular complexity index is 1510. The van der Waals surface area contributed by atoms with Gasteiger partial charge in [-0.1, -0.05) is 12.6 Å². The van der Waals surface area contributed by atoms with Crippen molar-refractivity contribution in [1.29, 1.82) is 0 Å². The molecular formula is C29H34FN7O3. The quantitative estimate of drug-likeness (QED) is 0.467. The molecule has 10 nitrogen and oxygen atoms in total. The van der Waals surface area contributed by atoms with Gasteiger partial charge in [0.15, 0.2) is 5.83 Å². The van der Waals surface area contributed by atoms with E-state index in [0.29, 0.717) is 51.1 Å². The van der Waals surface area contributed by atoms with Crippen LogP contribution in [0, 0.1) is 6.92 Å². The van der Waals surface area contributed by atoms with Gasteiger partial charge in [-0.15, -0.1) is 0 Å². The molecule has 1 amide bonds. The van der Waals surface area contributed by atoms with Crippen LogP contribution < -0.4 is 14.4 Å². The predicted molar refractivity (Wildman–Crippen MR) is 150 cm³/mol. The van der Waals surface area contributed by atoms with E-state index in [9.17, 15) is 9.18 Å². The van der Waals surface area contributed by atoms with E-state index in [1.807, 2.05) is 12.3 Å². The molecule has 0 radical (unpaired) electrons. The number of benzene rings is 1. The lowest BCUT2D eigenvalue weighted by Gasteiger charge is -2.36. The molecule has 1 N–H and O–H groups in total. The van der Waals surface area contributed by atoms with E-state index in [4.69, 9.17) is 19.4 Å². The van der Waals surface area contributed by atoms with Crippen LogP contribution in [0.3, 0.4) is 0 Å². The van der Waals surface area contributed by atoms with Crippen LogP contribution in [0.5, 0.6) is 11.9 Å². The molecule has 0 spiro atoms. The first-order valence-electron chi connectivity index (χ1n) is 13.7. The summed E-state index contributed by atoms with van der Waals surface area (Å²) in [5, 5.41) is 8.27. The highest BCUT2D eigenvalue weighted by Crippen LogP contribution is 2.41. The molecule has 0 bridgehead atoms. The molecule has 5 heterocycles. The lowest BCUT2D eigenvalue weighted by Crippen LogP contribution is -2.49. The average Bonchev–Trinajstić information content (AvgIpc) is 3.59. The van der Waals surface area contributed by atoms with E-state index >= 15 is 0 Å². The second-order valence-electron chi connectivity index (χ2n) is 10.9. The number of aromatic nitrogens is 4. The number of allylic oxidation sites excluding steroid dienone is 1. The average molecular weight is 548 g/mol. The largest absolute Gasteiger partial charge is 0.462 e. The third-order valence-electron chi connectivity index (χ3n) is 8.19. The monoisotopic (exact) mass is 547 g/mol. The van der Waals surface area contributed by atoms with E-state index in [2.05, 4.69) is 53.5 Å². The lowest BCUT2D eigenvalue weighted by atomic mass is 9.95. The second-order valence-corrected chi connectivity index (χ2v) is 10.9. The highest BCUT2D eigenvalue weighted by atomic mass is 19.1. The van der Waals surface area contributed by atoms with Crippen molar-refractivity contribution in [2.45, 2.75) is 39.2 Å². The number of H-pyrrole nitrogens is 1. The van der Waals surface area contributed by atoms with E-state index < -0.39 is 11.7 Å². The summed E-state index contributed by atoms with van der Waals surface area (Å²) < 4.78 is 26.2. The Morgan fingerprint density at radius 1 is 1.20 bits per heavy atom. The van der Waals surface area contributed by atoms with Crippen molar-refractivity contribution in [3.8, 4) is 11.9 Å². The van der Waals surface area contributed by atoms with Gasteiger partial charge in [0.2, 0.25) is 5.88 Å². The number of fused-ring (bicyclic) bond motifs is 2. The number of piperazine rings is 1. The first kappa shape index (κ1) is 26.2. The number of carbonyl (C=O) groups excluding carboxylic acids is 1. The van der Waals surface area contributed by atoms with Crippen LogP contribution in [0.15, 0.2) is 36.3 Å². The Kier molecular flexibility index (Phi) is 6.91. The number of anilines is 1.